The summed E-state index contributed by atoms with van der Waals surface area (Å²) in [5.74, 6) is 0. The van der Waals surface area contributed by atoms with Crippen molar-refractivity contribution in [2.45, 2.75) is 26.7 Å². The lowest BCUT2D eigenvalue weighted by Gasteiger charge is -2.21. The summed E-state index contributed by atoms with van der Waals surface area (Å²) in [6, 6.07) is 10.9. The van der Waals surface area contributed by atoms with Crippen molar-refractivity contribution in [3.8, 4) is 5.69 Å². The first-order chi connectivity index (χ1) is 10.2. The molecule has 0 unspecified atom stereocenters. The summed E-state index contributed by atoms with van der Waals surface area (Å²) >= 11 is 0. The molecule has 0 spiro atoms. The lowest BCUT2D eigenvalue weighted by molar-refractivity contribution is 0.820. The Kier molecular flexibility index (Phi) is 2.74. The van der Waals surface area contributed by atoms with Crippen LogP contribution in [0, 0.1) is 13.8 Å². The van der Waals surface area contributed by atoms with E-state index >= 15 is 0 Å². The van der Waals surface area contributed by atoms with Gasteiger partial charge in [0.25, 0.3) is 0 Å². The van der Waals surface area contributed by atoms with E-state index < -0.39 is 0 Å². The summed E-state index contributed by atoms with van der Waals surface area (Å²) in [6.45, 7) is 5.37. The number of hydrogen-bond donors (Lipinski definition) is 1. The first-order valence-corrected chi connectivity index (χ1v) is 7.54. The van der Waals surface area contributed by atoms with E-state index in [2.05, 4.69) is 59.0 Å². The smallest absolute Gasteiger partial charge is 0.100 e. The molecule has 0 radical (unpaired) electrons. The zero-order chi connectivity index (χ0) is 14.4. The Bertz CT molecular complexity index is 830. The molecule has 106 valence electrons. The monoisotopic (exact) mass is 277 g/mol. The maximum Gasteiger partial charge on any atom is 0.100 e. The highest BCUT2D eigenvalue weighted by Gasteiger charge is 2.15. The van der Waals surface area contributed by atoms with Crippen LogP contribution in [0.5, 0.6) is 0 Å². The van der Waals surface area contributed by atoms with Crippen LogP contribution in [-0.2, 0) is 6.42 Å². The number of hydrogen-bond acceptors (Lipinski definition) is 2. The number of aromatic nitrogens is 2. The molecule has 0 bridgehead atoms. The number of benzene rings is 2. The molecule has 21 heavy (non-hydrogen) atoms. The molecular weight excluding hydrogens is 258 g/mol. The third-order valence-corrected chi connectivity index (χ3v) is 4.49. The van der Waals surface area contributed by atoms with E-state index in [-0.39, 0.29) is 0 Å². The molecule has 2 heterocycles. The molecule has 0 fully saturated rings. The second-order valence-corrected chi connectivity index (χ2v) is 5.87. The fourth-order valence-electron chi connectivity index (χ4n) is 3.17. The van der Waals surface area contributed by atoms with E-state index in [0.29, 0.717) is 0 Å². The summed E-state index contributed by atoms with van der Waals surface area (Å²) in [5.41, 5.74) is 8.80. The van der Waals surface area contributed by atoms with E-state index in [4.69, 9.17) is 0 Å². The number of nitrogens with zero attached hydrogens (tertiary/aromatic N) is 2. The average Bonchev–Trinajstić information content (AvgIpc) is 2.90. The molecule has 3 nitrogen and oxygen atoms in total. The third-order valence-electron chi connectivity index (χ3n) is 4.49. The van der Waals surface area contributed by atoms with Gasteiger partial charge in [0.2, 0.25) is 0 Å². The molecule has 0 saturated carbocycles. The summed E-state index contributed by atoms with van der Waals surface area (Å²) < 4.78 is 2.23. The normalized spacial score (nSPS) is 14.0. The Balaban J connectivity index is 1.97. The number of fused-ring (bicyclic) bond motifs is 2. The van der Waals surface area contributed by atoms with Gasteiger partial charge in [-0.15, -0.1) is 0 Å². The second-order valence-electron chi connectivity index (χ2n) is 5.87. The molecule has 1 aromatic heterocycles. The third kappa shape index (κ3) is 1.92. The Morgan fingerprint density at radius 3 is 2.90 bits per heavy atom. The summed E-state index contributed by atoms with van der Waals surface area (Å²) in [4.78, 5) is 4.59. The molecule has 2 aromatic carbocycles. The van der Waals surface area contributed by atoms with Crippen LogP contribution in [0.4, 0.5) is 5.69 Å². The quantitative estimate of drug-likeness (QED) is 0.728. The summed E-state index contributed by atoms with van der Waals surface area (Å²) in [6.07, 6.45) is 4.27. The molecule has 1 aliphatic rings. The molecule has 0 aliphatic carbocycles. The van der Waals surface area contributed by atoms with Crippen LogP contribution in [0.15, 0.2) is 36.7 Å². The fraction of sp³-hybridized carbons (Fsp3) is 0.278. The number of imidazole rings is 1. The molecular formula is C18H19N3. The van der Waals surface area contributed by atoms with Crippen molar-refractivity contribution in [2.24, 2.45) is 0 Å². The molecule has 3 aromatic rings. The van der Waals surface area contributed by atoms with E-state index in [1.54, 1.807) is 0 Å². The van der Waals surface area contributed by atoms with Crippen molar-refractivity contribution in [1.82, 2.24) is 9.55 Å². The topological polar surface area (TPSA) is 29.9 Å². The number of nitrogens with one attached hydrogen (secondary N) is 1. The largest absolute Gasteiger partial charge is 0.385 e. The second kappa shape index (κ2) is 4.62. The summed E-state index contributed by atoms with van der Waals surface area (Å²) in [7, 11) is 0. The molecule has 0 atom stereocenters. The maximum atomic E-state index is 4.59. The van der Waals surface area contributed by atoms with Gasteiger partial charge in [-0.05, 0) is 67.6 Å². The number of rotatable bonds is 1. The standard InChI is InChI=1S/C18H19N3/c1-12-9-16-18(10-13(12)2)21(11-20-16)17-7-3-6-15-14(17)5-4-8-19-15/h3,6-7,9-11,19H,4-5,8H2,1-2H3. The van der Waals surface area contributed by atoms with Crippen molar-refractivity contribution < 1.29 is 0 Å². The van der Waals surface area contributed by atoms with Gasteiger partial charge in [0.05, 0.1) is 16.7 Å². The Morgan fingerprint density at radius 2 is 2.00 bits per heavy atom. The highest BCUT2D eigenvalue weighted by Crippen LogP contribution is 2.30. The van der Waals surface area contributed by atoms with Crippen molar-refractivity contribution in [2.75, 3.05) is 11.9 Å². The van der Waals surface area contributed by atoms with Crippen LogP contribution in [0.2, 0.25) is 0 Å². The van der Waals surface area contributed by atoms with Crippen LogP contribution in [0.3, 0.4) is 0 Å². The van der Waals surface area contributed by atoms with E-state index in [1.807, 2.05) is 6.33 Å². The minimum atomic E-state index is 1.07. The van der Waals surface area contributed by atoms with Gasteiger partial charge in [-0.1, -0.05) is 6.07 Å². The minimum absolute atomic E-state index is 1.07. The lowest BCUT2D eigenvalue weighted by atomic mass is 10.0. The zero-order valence-corrected chi connectivity index (χ0v) is 12.5. The lowest BCUT2D eigenvalue weighted by Crippen LogP contribution is -2.14. The van der Waals surface area contributed by atoms with E-state index in [1.165, 1.54) is 40.0 Å². The van der Waals surface area contributed by atoms with Crippen LogP contribution in [0.1, 0.15) is 23.1 Å². The number of anilines is 1. The average molecular weight is 277 g/mol. The van der Waals surface area contributed by atoms with Crippen molar-refractivity contribution in [3.63, 3.8) is 0 Å². The zero-order valence-electron chi connectivity index (χ0n) is 12.5. The van der Waals surface area contributed by atoms with E-state index in [9.17, 15) is 0 Å². The molecule has 3 heteroatoms. The highest BCUT2D eigenvalue weighted by molar-refractivity contribution is 5.80. The van der Waals surface area contributed by atoms with Crippen molar-refractivity contribution in [1.29, 1.82) is 0 Å². The van der Waals surface area contributed by atoms with Gasteiger partial charge in [-0.2, -0.15) is 0 Å². The Morgan fingerprint density at radius 1 is 1.14 bits per heavy atom. The Labute approximate surface area is 124 Å². The first kappa shape index (κ1) is 12.5. The highest BCUT2D eigenvalue weighted by atomic mass is 15.1. The van der Waals surface area contributed by atoms with Gasteiger partial charge in [0, 0.05) is 12.2 Å². The van der Waals surface area contributed by atoms with Crippen molar-refractivity contribution >= 4 is 16.7 Å². The van der Waals surface area contributed by atoms with Gasteiger partial charge in [0.1, 0.15) is 6.33 Å². The molecule has 0 amide bonds. The van der Waals surface area contributed by atoms with Crippen LogP contribution >= 0.6 is 0 Å². The molecule has 1 N–H and O–H groups in total. The molecule has 1 aliphatic heterocycles. The summed E-state index contributed by atoms with van der Waals surface area (Å²) in [5, 5.41) is 3.50. The van der Waals surface area contributed by atoms with E-state index in [0.717, 1.165) is 18.5 Å². The van der Waals surface area contributed by atoms with Gasteiger partial charge < -0.3 is 5.32 Å². The van der Waals surface area contributed by atoms with Crippen LogP contribution < -0.4 is 5.32 Å². The van der Waals surface area contributed by atoms with Gasteiger partial charge in [-0.25, -0.2) is 4.98 Å². The Hall–Kier alpha value is -2.29. The van der Waals surface area contributed by atoms with Crippen molar-refractivity contribution in [3.05, 3.63) is 53.3 Å². The first-order valence-electron chi connectivity index (χ1n) is 7.54. The van der Waals surface area contributed by atoms with Gasteiger partial charge in [-0.3, -0.25) is 4.57 Å². The molecule has 0 saturated heterocycles. The number of aryl methyl sites for hydroxylation is 2. The van der Waals surface area contributed by atoms with Gasteiger partial charge >= 0.3 is 0 Å². The van der Waals surface area contributed by atoms with Crippen LogP contribution in [0.25, 0.3) is 16.7 Å². The predicted molar refractivity (Wildman–Crippen MR) is 87.4 cm³/mol. The minimum Gasteiger partial charge on any atom is -0.385 e. The predicted octanol–water partition coefficient (Wildman–Crippen LogP) is 4.00. The van der Waals surface area contributed by atoms with Gasteiger partial charge in [0.15, 0.2) is 0 Å². The fourth-order valence-corrected chi connectivity index (χ4v) is 3.17. The molecule has 4 rings (SSSR count). The maximum absolute atomic E-state index is 4.59. The SMILES string of the molecule is Cc1cc2ncn(-c3cccc4c3CCCN4)c2cc1C. The van der Waals surface area contributed by atoms with Crippen LogP contribution in [-0.4, -0.2) is 16.1 Å².